The minimum atomic E-state index is 1.07. The molecule has 0 bridgehead atoms. The molecule has 0 spiro atoms. The van der Waals surface area contributed by atoms with Gasteiger partial charge in [-0.1, -0.05) is 24.8 Å². The molecule has 0 aliphatic heterocycles. The normalized spacial score (nSPS) is 10.3. The largest absolute Gasteiger partial charge is 0.303 e. The lowest BCUT2D eigenvalue weighted by Gasteiger charge is -2.05. The fourth-order valence-corrected chi connectivity index (χ4v) is 1.53. The van der Waals surface area contributed by atoms with E-state index >= 15 is 0 Å². The SMILES string of the molecule is C=Cc1ccc(-n2cnc(C)c2C)cc1. The van der Waals surface area contributed by atoms with Crippen LogP contribution in [0.3, 0.4) is 0 Å². The van der Waals surface area contributed by atoms with Crippen molar-refractivity contribution < 1.29 is 0 Å². The molecular weight excluding hydrogens is 184 g/mol. The highest BCUT2D eigenvalue weighted by Crippen LogP contribution is 2.14. The zero-order valence-electron chi connectivity index (χ0n) is 9.07. The van der Waals surface area contributed by atoms with Crippen LogP contribution in [0.1, 0.15) is 17.0 Å². The maximum atomic E-state index is 4.28. The van der Waals surface area contributed by atoms with Crippen molar-refractivity contribution in [2.45, 2.75) is 13.8 Å². The first-order chi connectivity index (χ1) is 7.22. The summed E-state index contributed by atoms with van der Waals surface area (Å²) in [6.07, 6.45) is 3.70. The first-order valence-electron chi connectivity index (χ1n) is 4.96. The van der Waals surface area contributed by atoms with E-state index in [1.165, 1.54) is 5.69 Å². The van der Waals surface area contributed by atoms with Gasteiger partial charge in [-0.15, -0.1) is 0 Å². The van der Waals surface area contributed by atoms with E-state index in [0.29, 0.717) is 0 Å². The first-order valence-corrected chi connectivity index (χ1v) is 4.96. The Morgan fingerprint density at radius 3 is 2.33 bits per heavy atom. The van der Waals surface area contributed by atoms with Gasteiger partial charge in [0.25, 0.3) is 0 Å². The second-order valence-electron chi connectivity index (χ2n) is 3.58. The standard InChI is InChI=1S/C13H14N2/c1-4-12-5-7-13(8-6-12)15-9-14-10(2)11(15)3/h4-9H,1H2,2-3H3. The second-order valence-corrected chi connectivity index (χ2v) is 3.58. The van der Waals surface area contributed by atoms with Gasteiger partial charge in [-0.25, -0.2) is 4.98 Å². The zero-order chi connectivity index (χ0) is 10.8. The Hall–Kier alpha value is -1.83. The van der Waals surface area contributed by atoms with Crippen molar-refractivity contribution in [2.24, 2.45) is 0 Å². The number of hydrogen-bond donors (Lipinski definition) is 0. The molecule has 0 atom stereocenters. The summed E-state index contributed by atoms with van der Waals surface area (Å²) in [5.41, 5.74) is 4.52. The fraction of sp³-hybridized carbons (Fsp3) is 0.154. The van der Waals surface area contributed by atoms with E-state index in [1.54, 1.807) is 0 Å². The van der Waals surface area contributed by atoms with Gasteiger partial charge in [0.2, 0.25) is 0 Å². The third-order valence-corrected chi connectivity index (χ3v) is 2.66. The van der Waals surface area contributed by atoms with Gasteiger partial charge in [-0.05, 0) is 31.5 Å². The molecule has 0 amide bonds. The van der Waals surface area contributed by atoms with Crippen LogP contribution in [-0.2, 0) is 0 Å². The van der Waals surface area contributed by atoms with Crippen LogP contribution in [0, 0.1) is 13.8 Å². The summed E-state index contributed by atoms with van der Waals surface area (Å²) in [6, 6.07) is 8.25. The maximum Gasteiger partial charge on any atom is 0.0997 e. The van der Waals surface area contributed by atoms with E-state index in [0.717, 1.165) is 16.9 Å². The van der Waals surface area contributed by atoms with Crippen LogP contribution in [0.25, 0.3) is 11.8 Å². The molecule has 1 aromatic carbocycles. The molecule has 2 nitrogen and oxygen atoms in total. The minimum Gasteiger partial charge on any atom is -0.303 e. The van der Waals surface area contributed by atoms with Crippen molar-refractivity contribution in [3.8, 4) is 5.69 Å². The highest BCUT2D eigenvalue weighted by atomic mass is 15.1. The molecule has 76 valence electrons. The van der Waals surface area contributed by atoms with Gasteiger partial charge < -0.3 is 4.57 Å². The fourth-order valence-electron chi connectivity index (χ4n) is 1.53. The molecule has 0 aliphatic carbocycles. The number of hydrogen-bond acceptors (Lipinski definition) is 1. The van der Waals surface area contributed by atoms with Crippen molar-refractivity contribution in [3.63, 3.8) is 0 Å². The maximum absolute atomic E-state index is 4.28. The third kappa shape index (κ3) is 1.71. The zero-order valence-corrected chi connectivity index (χ0v) is 9.07. The monoisotopic (exact) mass is 198 g/mol. The molecule has 0 aliphatic rings. The molecule has 1 aromatic heterocycles. The first kappa shape index (κ1) is 9.71. The van der Waals surface area contributed by atoms with E-state index in [-0.39, 0.29) is 0 Å². The molecule has 2 heteroatoms. The molecule has 0 unspecified atom stereocenters. The molecule has 0 N–H and O–H groups in total. The topological polar surface area (TPSA) is 17.8 Å². The molecule has 1 heterocycles. The lowest BCUT2D eigenvalue weighted by Crippen LogP contribution is -1.94. The Morgan fingerprint density at radius 2 is 1.87 bits per heavy atom. The van der Waals surface area contributed by atoms with Crippen molar-refractivity contribution in [3.05, 3.63) is 54.1 Å². The van der Waals surface area contributed by atoms with Crippen molar-refractivity contribution in [2.75, 3.05) is 0 Å². The number of nitrogens with zero attached hydrogens (tertiary/aromatic N) is 2. The number of aryl methyl sites for hydroxylation is 1. The average Bonchev–Trinajstić information content (AvgIpc) is 2.60. The van der Waals surface area contributed by atoms with E-state index in [4.69, 9.17) is 0 Å². The Bertz CT molecular complexity index is 478. The van der Waals surface area contributed by atoms with Gasteiger partial charge in [0.1, 0.15) is 0 Å². The van der Waals surface area contributed by atoms with Crippen LogP contribution in [-0.4, -0.2) is 9.55 Å². The van der Waals surface area contributed by atoms with Gasteiger partial charge in [0, 0.05) is 11.4 Å². The molecule has 0 saturated carbocycles. The third-order valence-electron chi connectivity index (χ3n) is 2.66. The van der Waals surface area contributed by atoms with Gasteiger partial charge in [0.05, 0.1) is 12.0 Å². The van der Waals surface area contributed by atoms with Crippen LogP contribution in [0.4, 0.5) is 0 Å². The molecule has 2 rings (SSSR count). The Morgan fingerprint density at radius 1 is 1.20 bits per heavy atom. The number of benzene rings is 1. The predicted molar refractivity (Wildman–Crippen MR) is 63.1 cm³/mol. The van der Waals surface area contributed by atoms with Crippen molar-refractivity contribution in [1.29, 1.82) is 0 Å². The Balaban J connectivity index is 2.45. The van der Waals surface area contributed by atoms with E-state index in [1.807, 2.05) is 19.3 Å². The quantitative estimate of drug-likeness (QED) is 0.725. The summed E-state index contributed by atoms with van der Waals surface area (Å²) in [6.45, 7) is 7.83. The van der Waals surface area contributed by atoms with Crippen LogP contribution >= 0.6 is 0 Å². The summed E-state index contributed by atoms with van der Waals surface area (Å²) in [4.78, 5) is 4.28. The molecule has 0 radical (unpaired) electrons. The van der Waals surface area contributed by atoms with Crippen LogP contribution < -0.4 is 0 Å². The highest BCUT2D eigenvalue weighted by Gasteiger charge is 2.03. The van der Waals surface area contributed by atoms with Gasteiger partial charge >= 0.3 is 0 Å². The van der Waals surface area contributed by atoms with E-state index in [2.05, 4.69) is 47.3 Å². The van der Waals surface area contributed by atoms with E-state index < -0.39 is 0 Å². The number of aromatic nitrogens is 2. The number of imidazole rings is 1. The Labute approximate surface area is 89.9 Å². The average molecular weight is 198 g/mol. The highest BCUT2D eigenvalue weighted by molar-refractivity contribution is 5.50. The van der Waals surface area contributed by atoms with Crippen molar-refractivity contribution >= 4 is 6.08 Å². The lowest BCUT2D eigenvalue weighted by atomic mass is 10.2. The van der Waals surface area contributed by atoms with Crippen LogP contribution in [0.2, 0.25) is 0 Å². The predicted octanol–water partition coefficient (Wildman–Crippen LogP) is 3.13. The molecule has 15 heavy (non-hydrogen) atoms. The second kappa shape index (κ2) is 3.73. The molecular formula is C13H14N2. The van der Waals surface area contributed by atoms with Gasteiger partial charge in [-0.3, -0.25) is 0 Å². The van der Waals surface area contributed by atoms with Crippen LogP contribution in [0.5, 0.6) is 0 Å². The van der Waals surface area contributed by atoms with E-state index in [9.17, 15) is 0 Å². The summed E-state index contributed by atoms with van der Waals surface area (Å²) < 4.78 is 2.09. The summed E-state index contributed by atoms with van der Waals surface area (Å²) in [5, 5.41) is 0. The smallest absolute Gasteiger partial charge is 0.0997 e. The molecule has 0 saturated heterocycles. The lowest BCUT2D eigenvalue weighted by molar-refractivity contribution is 1.00. The minimum absolute atomic E-state index is 1.07. The summed E-state index contributed by atoms with van der Waals surface area (Å²) >= 11 is 0. The Kier molecular flexibility index (Phi) is 2.42. The van der Waals surface area contributed by atoms with Crippen molar-refractivity contribution in [1.82, 2.24) is 9.55 Å². The molecule has 2 aromatic rings. The summed E-state index contributed by atoms with van der Waals surface area (Å²) in [5.74, 6) is 0. The summed E-state index contributed by atoms with van der Waals surface area (Å²) in [7, 11) is 0. The van der Waals surface area contributed by atoms with Gasteiger partial charge in [0.15, 0.2) is 0 Å². The van der Waals surface area contributed by atoms with Gasteiger partial charge in [-0.2, -0.15) is 0 Å². The van der Waals surface area contributed by atoms with Crippen LogP contribution in [0.15, 0.2) is 37.2 Å². The number of rotatable bonds is 2. The molecule has 0 fully saturated rings.